The number of esters is 1. The Hall–Kier alpha value is -3.34. The largest absolute Gasteiger partial charge is 0.514 e. The molecule has 3 N–H and O–H groups in total. The van der Waals surface area contributed by atoms with E-state index in [1.54, 1.807) is 20.8 Å². The number of benzene rings is 1. The normalized spacial score (nSPS) is 14.7. The third kappa shape index (κ3) is 12.4. The maximum atomic E-state index is 12.3. The van der Waals surface area contributed by atoms with E-state index in [-0.39, 0.29) is 30.8 Å². The third-order valence-electron chi connectivity index (χ3n) is 6.05. The first kappa shape index (κ1) is 33.7. The van der Waals surface area contributed by atoms with Crippen molar-refractivity contribution >= 4 is 24.2 Å². The van der Waals surface area contributed by atoms with E-state index in [4.69, 9.17) is 29.4 Å². The van der Waals surface area contributed by atoms with Gasteiger partial charge in [0, 0.05) is 19.3 Å². The molecular formula is C28H43NO10. The first-order valence-electron chi connectivity index (χ1n) is 13.4. The van der Waals surface area contributed by atoms with Crippen molar-refractivity contribution in [3.8, 4) is 11.5 Å². The molecule has 0 saturated carbocycles. The molecule has 4 atom stereocenters. The molecule has 3 unspecified atom stereocenters. The summed E-state index contributed by atoms with van der Waals surface area (Å²) in [7, 11) is 0. The molecular weight excluding hydrogens is 510 g/mol. The summed E-state index contributed by atoms with van der Waals surface area (Å²) in [5.74, 6) is -2.01. The van der Waals surface area contributed by atoms with Crippen LogP contribution in [0.2, 0.25) is 0 Å². The zero-order valence-electron chi connectivity index (χ0n) is 23.8. The molecule has 0 aliphatic heterocycles. The molecule has 11 nitrogen and oxygen atoms in total. The van der Waals surface area contributed by atoms with Crippen LogP contribution in [0.25, 0.3) is 0 Å². The van der Waals surface area contributed by atoms with Crippen LogP contribution < -0.4 is 15.2 Å². The lowest BCUT2D eigenvalue weighted by Gasteiger charge is -2.28. The smallest absolute Gasteiger partial charge is 0.480 e. The Labute approximate surface area is 230 Å². The summed E-state index contributed by atoms with van der Waals surface area (Å²) in [6.07, 6.45) is -0.0407. The van der Waals surface area contributed by atoms with Gasteiger partial charge in [-0.15, -0.1) is 0 Å². The van der Waals surface area contributed by atoms with Crippen molar-refractivity contribution in [3.63, 3.8) is 0 Å². The van der Waals surface area contributed by atoms with Crippen LogP contribution in [0.1, 0.15) is 92.1 Å². The Balaban J connectivity index is 3.14. The zero-order valence-corrected chi connectivity index (χ0v) is 23.8. The number of rotatable bonds is 16. The molecule has 0 aliphatic carbocycles. The number of nitrogens with two attached hydrogens (primary N) is 1. The van der Waals surface area contributed by atoms with Crippen molar-refractivity contribution in [3.05, 3.63) is 23.8 Å². The number of aliphatic carboxylic acids is 1. The molecule has 0 amide bonds. The Kier molecular flexibility index (Phi) is 14.3. The number of hydrogen-bond donors (Lipinski definition) is 2. The highest BCUT2D eigenvalue weighted by Crippen LogP contribution is 2.32. The summed E-state index contributed by atoms with van der Waals surface area (Å²) in [5.41, 5.74) is 4.83. The first-order valence-corrected chi connectivity index (χ1v) is 13.4. The van der Waals surface area contributed by atoms with Crippen LogP contribution in [0.4, 0.5) is 9.59 Å². The van der Waals surface area contributed by atoms with E-state index < -0.39 is 48.1 Å². The molecule has 1 rings (SSSR count). The minimum absolute atomic E-state index is 0.125. The van der Waals surface area contributed by atoms with E-state index in [1.165, 1.54) is 18.2 Å². The predicted molar refractivity (Wildman–Crippen MR) is 143 cm³/mol. The molecule has 0 aliphatic rings. The predicted octanol–water partition coefficient (Wildman–Crippen LogP) is 5.54. The summed E-state index contributed by atoms with van der Waals surface area (Å²) in [6, 6.07) is 4.18. The van der Waals surface area contributed by atoms with E-state index >= 15 is 0 Å². The molecule has 1 aromatic rings. The average Bonchev–Trinajstić information content (AvgIpc) is 2.85. The van der Waals surface area contributed by atoms with Crippen LogP contribution in [0.15, 0.2) is 18.2 Å². The van der Waals surface area contributed by atoms with Crippen molar-refractivity contribution in [1.82, 2.24) is 0 Å². The van der Waals surface area contributed by atoms with Gasteiger partial charge in [0.25, 0.3) is 0 Å². The molecule has 11 heteroatoms. The Morgan fingerprint density at radius 1 is 0.846 bits per heavy atom. The lowest BCUT2D eigenvalue weighted by Crippen LogP contribution is -2.52. The third-order valence-corrected chi connectivity index (χ3v) is 6.05. The highest BCUT2D eigenvalue weighted by atomic mass is 16.7. The number of carboxylic acids is 1. The summed E-state index contributed by atoms with van der Waals surface area (Å²) in [6.45, 7) is 10.7. The van der Waals surface area contributed by atoms with Gasteiger partial charge in [0.1, 0.15) is 23.9 Å². The van der Waals surface area contributed by atoms with Gasteiger partial charge in [-0.05, 0) is 57.7 Å². The van der Waals surface area contributed by atoms with Crippen LogP contribution in [0.5, 0.6) is 11.5 Å². The second-order valence-electron chi connectivity index (χ2n) is 9.76. The van der Waals surface area contributed by atoms with Gasteiger partial charge in [-0.25, -0.2) is 9.59 Å². The van der Waals surface area contributed by atoms with Gasteiger partial charge in [0.2, 0.25) is 0 Å². The highest BCUT2D eigenvalue weighted by molar-refractivity contribution is 5.79. The fourth-order valence-corrected chi connectivity index (χ4v) is 3.51. The van der Waals surface area contributed by atoms with Crippen LogP contribution >= 0.6 is 0 Å². The molecule has 0 aromatic heterocycles. The second-order valence-corrected chi connectivity index (χ2v) is 9.76. The molecule has 220 valence electrons. The van der Waals surface area contributed by atoms with Gasteiger partial charge < -0.3 is 34.5 Å². The number of hydrogen-bond acceptors (Lipinski definition) is 10. The van der Waals surface area contributed by atoms with Gasteiger partial charge >= 0.3 is 24.2 Å². The van der Waals surface area contributed by atoms with Gasteiger partial charge in [-0.1, -0.05) is 39.7 Å². The molecule has 0 bridgehead atoms. The van der Waals surface area contributed by atoms with Gasteiger partial charge in [0.05, 0.1) is 0 Å². The number of ether oxygens (including phenoxy) is 5. The van der Waals surface area contributed by atoms with Gasteiger partial charge in [-0.3, -0.25) is 9.59 Å². The van der Waals surface area contributed by atoms with Crippen molar-refractivity contribution in [2.45, 2.75) is 117 Å². The Morgan fingerprint density at radius 3 is 1.92 bits per heavy atom. The Bertz CT molecular complexity index is 966. The molecule has 0 fully saturated rings. The summed E-state index contributed by atoms with van der Waals surface area (Å²) < 4.78 is 26.2. The molecule has 0 spiro atoms. The van der Waals surface area contributed by atoms with E-state index in [1.807, 2.05) is 20.8 Å². The number of carbonyl (C=O) groups is 4. The van der Waals surface area contributed by atoms with E-state index in [0.29, 0.717) is 24.8 Å². The van der Waals surface area contributed by atoms with Crippen molar-refractivity contribution in [2.75, 3.05) is 0 Å². The fourth-order valence-electron chi connectivity index (χ4n) is 3.51. The van der Waals surface area contributed by atoms with Crippen LogP contribution in [0.3, 0.4) is 0 Å². The summed E-state index contributed by atoms with van der Waals surface area (Å²) >= 11 is 0. The minimum Gasteiger partial charge on any atom is -0.480 e. The quantitative estimate of drug-likeness (QED) is 0.114. The van der Waals surface area contributed by atoms with E-state index in [9.17, 15) is 24.3 Å². The van der Waals surface area contributed by atoms with Crippen molar-refractivity contribution < 1.29 is 48.0 Å². The van der Waals surface area contributed by atoms with E-state index in [0.717, 1.165) is 12.8 Å². The molecule has 0 heterocycles. The fraction of sp³-hybridized carbons (Fsp3) is 0.643. The summed E-state index contributed by atoms with van der Waals surface area (Å²) in [4.78, 5) is 48.7. The maximum absolute atomic E-state index is 12.3. The number of carbonyl (C=O) groups excluding carboxylic acids is 3. The maximum Gasteiger partial charge on any atom is 0.514 e. The molecule has 0 saturated heterocycles. The first-order chi connectivity index (χ1) is 18.3. The zero-order chi connectivity index (χ0) is 29.6. The lowest BCUT2D eigenvalue weighted by atomic mass is 9.86. The number of carboxylic acid groups (broad SMARTS) is 1. The minimum atomic E-state index is -1.81. The Morgan fingerprint density at radius 2 is 1.41 bits per heavy atom. The molecule has 1 aromatic carbocycles. The standard InChI is InChI=1S/C28H43NO10/c1-7-10-11-12-24(30)35-20(6)16-28(29,25(31)32)17-21-13-14-22(38-26(33)36-18(4)8-2)23(15-21)39-27(34)37-19(5)9-3/h13-15,18-20H,7-12,16-17,29H2,1-6H3,(H,31,32)/t18?,19?,20-,28?/m0/s1. The van der Waals surface area contributed by atoms with Crippen LogP contribution in [0, 0.1) is 0 Å². The van der Waals surface area contributed by atoms with Gasteiger partial charge in [-0.2, -0.15) is 0 Å². The topological polar surface area (TPSA) is 161 Å². The monoisotopic (exact) mass is 553 g/mol. The van der Waals surface area contributed by atoms with Crippen molar-refractivity contribution in [1.29, 1.82) is 0 Å². The lowest BCUT2D eigenvalue weighted by molar-refractivity contribution is -0.153. The highest BCUT2D eigenvalue weighted by Gasteiger charge is 2.37. The second kappa shape index (κ2) is 16.6. The van der Waals surface area contributed by atoms with E-state index in [2.05, 4.69) is 0 Å². The summed E-state index contributed by atoms with van der Waals surface area (Å²) in [5, 5.41) is 9.92. The van der Waals surface area contributed by atoms with Crippen LogP contribution in [-0.2, 0) is 30.2 Å². The SMILES string of the molecule is CCCCCC(=O)O[C@@H](C)CC(N)(Cc1ccc(OC(=O)OC(C)CC)c(OC(=O)OC(C)CC)c1)C(=O)O. The van der Waals surface area contributed by atoms with Gasteiger partial charge in [0.15, 0.2) is 11.5 Å². The number of unbranched alkanes of at least 4 members (excludes halogenated alkanes) is 2. The molecule has 39 heavy (non-hydrogen) atoms. The molecule has 0 radical (unpaired) electrons. The van der Waals surface area contributed by atoms with Crippen molar-refractivity contribution in [2.24, 2.45) is 5.73 Å². The van der Waals surface area contributed by atoms with Crippen LogP contribution in [-0.4, -0.2) is 53.2 Å². The average molecular weight is 554 g/mol.